The molecule has 2 aromatic rings. The molecule has 2 rings (SSSR count). The summed E-state index contributed by atoms with van der Waals surface area (Å²) in [5, 5.41) is 6.23. The van der Waals surface area contributed by atoms with E-state index in [1.54, 1.807) is 30.3 Å². The number of carbonyl (C=O) groups is 1. The largest absolute Gasteiger partial charge is 0.359 e. The molecular formula is C15H10Cl6N2O. The van der Waals surface area contributed by atoms with Crippen LogP contribution in [0.15, 0.2) is 42.5 Å². The third-order valence-corrected chi connectivity index (χ3v) is 4.40. The Hall–Kier alpha value is -0.550. The minimum Gasteiger partial charge on any atom is -0.359 e. The van der Waals surface area contributed by atoms with Crippen LogP contribution in [0.3, 0.4) is 0 Å². The van der Waals surface area contributed by atoms with Crippen LogP contribution in [-0.2, 0) is 0 Å². The lowest BCUT2D eigenvalue weighted by Crippen LogP contribution is -2.49. The summed E-state index contributed by atoms with van der Waals surface area (Å²) in [5.74, 6) is -0.430. The van der Waals surface area contributed by atoms with Gasteiger partial charge in [-0.2, -0.15) is 0 Å². The topological polar surface area (TPSA) is 41.1 Å². The van der Waals surface area contributed by atoms with Crippen LogP contribution in [0, 0.1) is 0 Å². The van der Waals surface area contributed by atoms with Crippen LogP contribution < -0.4 is 10.6 Å². The van der Waals surface area contributed by atoms with E-state index >= 15 is 0 Å². The van der Waals surface area contributed by atoms with Gasteiger partial charge in [0, 0.05) is 10.6 Å². The van der Waals surface area contributed by atoms with Crippen LogP contribution in [0.4, 0.5) is 5.69 Å². The fourth-order valence-corrected chi connectivity index (χ4v) is 3.08. The Kier molecular flexibility index (Phi) is 6.77. The van der Waals surface area contributed by atoms with Gasteiger partial charge < -0.3 is 10.6 Å². The van der Waals surface area contributed by atoms with Gasteiger partial charge in [0.2, 0.25) is 3.79 Å². The fourth-order valence-electron chi connectivity index (χ4n) is 1.83. The molecule has 1 amide bonds. The molecule has 0 aliphatic heterocycles. The van der Waals surface area contributed by atoms with Gasteiger partial charge >= 0.3 is 0 Å². The molecule has 1 atom stereocenters. The molecule has 2 N–H and O–H groups in total. The predicted octanol–water partition coefficient (Wildman–Crippen LogP) is 6.19. The molecule has 0 saturated heterocycles. The van der Waals surface area contributed by atoms with Crippen molar-refractivity contribution in [2.24, 2.45) is 0 Å². The highest BCUT2D eigenvalue weighted by atomic mass is 35.6. The Morgan fingerprint density at radius 2 is 1.50 bits per heavy atom. The van der Waals surface area contributed by atoms with E-state index in [1.165, 1.54) is 12.1 Å². The van der Waals surface area contributed by atoms with Crippen LogP contribution in [0.25, 0.3) is 0 Å². The van der Waals surface area contributed by atoms with Crippen LogP contribution in [0.1, 0.15) is 10.4 Å². The second-order valence-corrected chi connectivity index (χ2v) is 8.32. The van der Waals surface area contributed by atoms with Crippen molar-refractivity contribution in [3.05, 3.63) is 63.1 Å². The Morgan fingerprint density at radius 3 is 2.00 bits per heavy atom. The summed E-state index contributed by atoms with van der Waals surface area (Å²) in [7, 11) is 0. The first-order chi connectivity index (χ1) is 11.2. The number of rotatable bonds is 4. The summed E-state index contributed by atoms with van der Waals surface area (Å²) < 4.78 is -1.86. The third kappa shape index (κ3) is 5.22. The maximum Gasteiger partial charge on any atom is 0.252 e. The zero-order valence-corrected chi connectivity index (χ0v) is 16.3. The molecule has 0 aliphatic rings. The van der Waals surface area contributed by atoms with E-state index in [-0.39, 0.29) is 15.7 Å². The van der Waals surface area contributed by atoms with Crippen molar-refractivity contribution in [1.29, 1.82) is 0 Å². The van der Waals surface area contributed by atoms with E-state index < -0.39 is 15.9 Å². The van der Waals surface area contributed by atoms with Gasteiger partial charge in [-0.05, 0) is 24.3 Å². The second kappa shape index (κ2) is 8.22. The first-order valence-corrected chi connectivity index (χ1v) is 8.79. The van der Waals surface area contributed by atoms with Crippen molar-refractivity contribution < 1.29 is 4.79 Å². The van der Waals surface area contributed by atoms with E-state index in [0.717, 1.165) is 0 Å². The number of halogens is 6. The Morgan fingerprint density at radius 1 is 0.958 bits per heavy atom. The Bertz CT molecular complexity index is 709. The lowest BCUT2D eigenvalue weighted by molar-refractivity contribution is 0.0942. The van der Waals surface area contributed by atoms with Crippen molar-refractivity contribution in [1.82, 2.24) is 5.32 Å². The maximum atomic E-state index is 12.3. The normalized spacial score (nSPS) is 12.6. The highest BCUT2D eigenvalue weighted by molar-refractivity contribution is 6.68. The molecule has 0 heterocycles. The average Bonchev–Trinajstić information content (AvgIpc) is 2.49. The van der Waals surface area contributed by atoms with Crippen molar-refractivity contribution >= 4 is 81.2 Å². The monoisotopic (exact) mass is 444 g/mol. The Labute approximate surface area is 169 Å². The summed E-state index contributed by atoms with van der Waals surface area (Å²) in [6.07, 6.45) is -1.09. The molecule has 1 unspecified atom stereocenters. The number of alkyl halides is 3. The molecule has 0 fully saturated rings. The molecular weight excluding hydrogens is 437 g/mol. The zero-order valence-electron chi connectivity index (χ0n) is 11.8. The van der Waals surface area contributed by atoms with Gasteiger partial charge in [0.1, 0.15) is 6.17 Å². The summed E-state index contributed by atoms with van der Waals surface area (Å²) in [5.41, 5.74) is 0.694. The van der Waals surface area contributed by atoms with E-state index in [0.29, 0.717) is 10.6 Å². The van der Waals surface area contributed by atoms with Gasteiger partial charge in [-0.25, -0.2) is 0 Å². The number of hydrogen-bond acceptors (Lipinski definition) is 2. The summed E-state index contributed by atoms with van der Waals surface area (Å²) in [6, 6.07) is 11.4. The first kappa shape index (κ1) is 19.8. The summed E-state index contributed by atoms with van der Waals surface area (Å²) in [4.78, 5) is 12.3. The summed E-state index contributed by atoms with van der Waals surface area (Å²) in [6.45, 7) is 0. The van der Waals surface area contributed by atoms with Gasteiger partial charge in [0.15, 0.2) is 0 Å². The van der Waals surface area contributed by atoms with Gasteiger partial charge in [-0.1, -0.05) is 87.8 Å². The number of anilines is 1. The Balaban J connectivity index is 2.26. The molecule has 0 bridgehead atoms. The minimum atomic E-state index is -1.86. The minimum absolute atomic E-state index is 0.223. The van der Waals surface area contributed by atoms with Crippen LogP contribution in [-0.4, -0.2) is 15.9 Å². The number of carbonyl (C=O) groups excluding carboxylic acids is 1. The summed E-state index contributed by atoms with van der Waals surface area (Å²) >= 11 is 36.0. The second-order valence-electron chi connectivity index (χ2n) is 4.70. The maximum absolute atomic E-state index is 12.3. The van der Waals surface area contributed by atoms with E-state index in [2.05, 4.69) is 10.6 Å². The van der Waals surface area contributed by atoms with Crippen LogP contribution >= 0.6 is 69.6 Å². The first-order valence-electron chi connectivity index (χ1n) is 6.52. The molecule has 24 heavy (non-hydrogen) atoms. The van der Waals surface area contributed by atoms with Crippen LogP contribution in [0.2, 0.25) is 15.1 Å². The van der Waals surface area contributed by atoms with Gasteiger partial charge in [0.25, 0.3) is 5.91 Å². The number of hydrogen-bond donors (Lipinski definition) is 2. The number of nitrogens with one attached hydrogen (secondary N) is 2. The zero-order chi connectivity index (χ0) is 17.9. The van der Waals surface area contributed by atoms with Gasteiger partial charge in [-0.3, -0.25) is 4.79 Å². The highest BCUT2D eigenvalue weighted by Crippen LogP contribution is 2.37. The number of benzene rings is 2. The van der Waals surface area contributed by atoms with Crippen molar-refractivity contribution in [2.45, 2.75) is 9.96 Å². The predicted molar refractivity (Wildman–Crippen MR) is 103 cm³/mol. The van der Waals surface area contributed by atoms with Crippen molar-refractivity contribution in [3.8, 4) is 0 Å². The molecule has 0 aromatic heterocycles. The van der Waals surface area contributed by atoms with E-state index in [9.17, 15) is 4.79 Å². The molecule has 0 saturated carbocycles. The molecule has 0 radical (unpaired) electrons. The van der Waals surface area contributed by atoms with Crippen molar-refractivity contribution in [3.63, 3.8) is 0 Å². The number of amides is 1. The lowest BCUT2D eigenvalue weighted by Gasteiger charge is -2.28. The molecule has 128 valence electrons. The van der Waals surface area contributed by atoms with Gasteiger partial charge in [-0.15, -0.1) is 0 Å². The fraction of sp³-hybridized carbons (Fsp3) is 0.133. The van der Waals surface area contributed by atoms with Crippen molar-refractivity contribution in [2.75, 3.05) is 5.32 Å². The standard InChI is InChI=1S/C15H10Cl6N2O/c16-9-6-10(17)12(11(18)7-9)22-14(15(19,20)21)23-13(24)8-4-2-1-3-5-8/h1-7,14,22H,(H,23,24). The highest BCUT2D eigenvalue weighted by Gasteiger charge is 2.35. The molecule has 0 spiro atoms. The molecule has 0 aliphatic carbocycles. The molecule has 2 aromatic carbocycles. The van der Waals surface area contributed by atoms with E-state index in [1.807, 2.05) is 0 Å². The average molecular weight is 447 g/mol. The SMILES string of the molecule is O=C(NC(Nc1c(Cl)cc(Cl)cc1Cl)C(Cl)(Cl)Cl)c1ccccc1. The quantitative estimate of drug-likeness (QED) is 0.434. The molecule has 3 nitrogen and oxygen atoms in total. The lowest BCUT2D eigenvalue weighted by atomic mass is 10.2. The van der Waals surface area contributed by atoms with Gasteiger partial charge in [0.05, 0.1) is 15.7 Å². The molecule has 9 heteroatoms. The van der Waals surface area contributed by atoms with Crippen LogP contribution in [0.5, 0.6) is 0 Å². The van der Waals surface area contributed by atoms with E-state index in [4.69, 9.17) is 69.6 Å². The third-order valence-electron chi connectivity index (χ3n) is 2.93. The smallest absolute Gasteiger partial charge is 0.252 e.